The summed E-state index contributed by atoms with van der Waals surface area (Å²) in [6, 6.07) is 0. The van der Waals surface area contributed by atoms with Crippen LogP contribution < -0.4 is 5.32 Å². The standard InChI is InChI=1S/C12H23NO/c1-2-3-9-13-10-11-14-12-7-5-4-6-8-12/h2-3,12-13H,4-11H2,1H3/b3-2+. The average Bonchev–Trinajstić information content (AvgIpc) is 2.25. The maximum atomic E-state index is 5.78. The molecule has 0 aromatic carbocycles. The summed E-state index contributed by atoms with van der Waals surface area (Å²) in [5.41, 5.74) is 0. The maximum absolute atomic E-state index is 5.78. The van der Waals surface area contributed by atoms with Crippen molar-refractivity contribution in [3.63, 3.8) is 0 Å². The topological polar surface area (TPSA) is 21.3 Å². The highest BCUT2D eigenvalue weighted by atomic mass is 16.5. The van der Waals surface area contributed by atoms with Crippen LogP contribution in [0.25, 0.3) is 0 Å². The van der Waals surface area contributed by atoms with Gasteiger partial charge in [0.1, 0.15) is 0 Å². The van der Waals surface area contributed by atoms with Crippen molar-refractivity contribution in [1.82, 2.24) is 5.32 Å². The van der Waals surface area contributed by atoms with Gasteiger partial charge in [-0.25, -0.2) is 0 Å². The fraction of sp³-hybridized carbons (Fsp3) is 0.833. The van der Waals surface area contributed by atoms with Crippen LogP contribution in [0.3, 0.4) is 0 Å². The van der Waals surface area contributed by atoms with Gasteiger partial charge in [0.2, 0.25) is 0 Å². The smallest absolute Gasteiger partial charge is 0.0594 e. The summed E-state index contributed by atoms with van der Waals surface area (Å²) >= 11 is 0. The molecule has 0 bridgehead atoms. The molecule has 0 saturated heterocycles. The Bertz CT molecular complexity index is 150. The van der Waals surface area contributed by atoms with Crippen LogP contribution in [-0.4, -0.2) is 25.8 Å². The van der Waals surface area contributed by atoms with E-state index < -0.39 is 0 Å². The molecule has 1 aliphatic carbocycles. The number of nitrogens with one attached hydrogen (secondary N) is 1. The molecule has 82 valence electrons. The second-order valence-electron chi connectivity index (χ2n) is 3.90. The van der Waals surface area contributed by atoms with E-state index in [9.17, 15) is 0 Å². The molecule has 1 aliphatic rings. The van der Waals surface area contributed by atoms with E-state index >= 15 is 0 Å². The summed E-state index contributed by atoms with van der Waals surface area (Å²) in [5.74, 6) is 0. The molecule has 0 atom stereocenters. The van der Waals surface area contributed by atoms with Crippen LogP contribution in [0.4, 0.5) is 0 Å². The maximum Gasteiger partial charge on any atom is 0.0594 e. The summed E-state index contributed by atoms with van der Waals surface area (Å²) < 4.78 is 5.78. The number of hydrogen-bond donors (Lipinski definition) is 1. The predicted octanol–water partition coefficient (Wildman–Crippen LogP) is 2.50. The Morgan fingerprint density at radius 1 is 1.29 bits per heavy atom. The molecule has 0 aromatic rings. The Morgan fingerprint density at radius 2 is 2.07 bits per heavy atom. The van der Waals surface area contributed by atoms with Gasteiger partial charge < -0.3 is 10.1 Å². The molecule has 0 radical (unpaired) electrons. The molecule has 14 heavy (non-hydrogen) atoms. The van der Waals surface area contributed by atoms with Gasteiger partial charge in [0, 0.05) is 13.1 Å². The average molecular weight is 197 g/mol. The molecule has 0 aliphatic heterocycles. The van der Waals surface area contributed by atoms with Gasteiger partial charge in [-0.3, -0.25) is 0 Å². The van der Waals surface area contributed by atoms with E-state index in [1.807, 2.05) is 6.92 Å². The summed E-state index contributed by atoms with van der Waals surface area (Å²) in [6.45, 7) is 4.84. The SMILES string of the molecule is C/C=C/CNCCOC1CCCCC1. The van der Waals surface area contributed by atoms with E-state index in [1.165, 1.54) is 32.1 Å². The van der Waals surface area contributed by atoms with Crippen molar-refractivity contribution in [2.75, 3.05) is 19.7 Å². The summed E-state index contributed by atoms with van der Waals surface area (Å²) in [7, 11) is 0. The van der Waals surface area contributed by atoms with Crippen LogP contribution in [0, 0.1) is 0 Å². The molecule has 0 aromatic heterocycles. The number of ether oxygens (including phenoxy) is 1. The highest BCUT2D eigenvalue weighted by molar-refractivity contribution is 4.79. The fourth-order valence-corrected chi connectivity index (χ4v) is 1.83. The van der Waals surface area contributed by atoms with Crippen LogP contribution in [0.5, 0.6) is 0 Å². The van der Waals surface area contributed by atoms with E-state index in [4.69, 9.17) is 4.74 Å². The third kappa shape index (κ3) is 5.40. The van der Waals surface area contributed by atoms with E-state index in [0.717, 1.165) is 19.7 Å². The van der Waals surface area contributed by atoms with E-state index in [2.05, 4.69) is 17.5 Å². The van der Waals surface area contributed by atoms with Gasteiger partial charge in [0.25, 0.3) is 0 Å². The first-order valence-electron chi connectivity index (χ1n) is 5.87. The first-order valence-corrected chi connectivity index (χ1v) is 5.87. The monoisotopic (exact) mass is 197 g/mol. The van der Waals surface area contributed by atoms with Crippen LogP contribution >= 0.6 is 0 Å². The van der Waals surface area contributed by atoms with Gasteiger partial charge in [0.05, 0.1) is 12.7 Å². The second-order valence-corrected chi connectivity index (χ2v) is 3.90. The lowest BCUT2D eigenvalue weighted by molar-refractivity contribution is 0.0306. The lowest BCUT2D eigenvalue weighted by Gasteiger charge is -2.21. The van der Waals surface area contributed by atoms with Gasteiger partial charge in [-0.15, -0.1) is 0 Å². The minimum atomic E-state index is 0.548. The molecule has 1 rings (SSSR count). The third-order valence-corrected chi connectivity index (χ3v) is 2.68. The van der Waals surface area contributed by atoms with Crippen LogP contribution in [-0.2, 0) is 4.74 Å². The largest absolute Gasteiger partial charge is 0.377 e. The van der Waals surface area contributed by atoms with Crippen molar-refractivity contribution < 1.29 is 4.74 Å². The Kier molecular flexibility index (Phi) is 6.71. The molecule has 0 spiro atoms. The molecule has 0 unspecified atom stereocenters. The minimum Gasteiger partial charge on any atom is -0.377 e. The summed E-state index contributed by atoms with van der Waals surface area (Å²) in [6.07, 6.45) is 11.4. The van der Waals surface area contributed by atoms with Gasteiger partial charge in [-0.05, 0) is 19.8 Å². The Morgan fingerprint density at radius 3 is 2.79 bits per heavy atom. The summed E-state index contributed by atoms with van der Waals surface area (Å²) in [4.78, 5) is 0. The van der Waals surface area contributed by atoms with Crippen molar-refractivity contribution in [3.05, 3.63) is 12.2 Å². The van der Waals surface area contributed by atoms with Crippen LogP contribution in [0.15, 0.2) is 12.2 Å². The first kappa shape index (κ1) is 11.7. The van der Waals surface area contributed by atoms with E-state index in [1.54, 1.807) is 0 Å². The molecule has 1 N–H and O–H groups in total. The number of allylic oxidation sites excluding steroid dienone is 1. The number of rotatable bonds is 6. The van der Waals surface area contributed by atoms with Crippen molar-refractivity contribution in [3.8, 4) is 0 Å². The molecule has 1 saturated carbocycles. The lowest BCUT2D eigenvalue weighted by Crippen LogP contribution is -2.24. The quantitative estimate of drug-likeness (QED) is 0.522. The van der Waals surface area contributed by atoms with Gasteiger partial charge in [0.15, 0.2) is 0 Å². The molecule has 2 heteroatoms. The molecule has 0 amide bonds. The van der Waals surface area contributed by atoms with Crippen molar-refractivity contribution in [2.24, 2.45) is 0 Å². The predicted molar refractivity (Wildman–Crippen MR) is 60.5 cm³/mol. The normalized spacial score (nSPS) is 19.2. The Balaban J connectivity index is 1.87. The van der Waals surface area contributed by atoms with Crippen molar-refractivity contribution >= 4 is 0 Å². The molecular weight excluding hydrogens is 174 g/mol. The van der Waals surface area contributed by atoms with Gasteiger partial charge >= 0.3 is 0 Å². The zero-order chi connectivity index (χ0) is 10.1. The lowest BCUT2D eigenvalue weighted by atomic mass is 9.98. The van der Waals surface area contributed by atoms with Crippen LogP contribution in [0.1, 0.15) is 39.0 Å². The zero-order valence-corrected chi connectivity index (χ0v) is 9.30. The second kappa shape index (κ2) is 8.01. The van der Waals surface area contributed by atoms with Gasteiger partial charge in [-0.1, -0.05) is 31.4 Å². The third-order valence-electron chi connectivity index (χ3n) is 2.68. The Hall–Kier alpha value is -0.340. The van der Waals surface area contributed by atoms with E-state index in [0.29, 0.717) is 6.10 Å². The molecule has 2 nitrogen and oxygen atoms in total. The highest BCUT2D eigenvalue weighted by Gasteiger charge is 2.12. The Labute approximate surface area is 87.7 Å². The number of hydrogen-bond acceptors (Lipinski definition) is 2. The van der Waals surface area contributed by atoms with Crippen LogP contribution in [0.2, 0.25) is 0 Å². The fourth-order valence-electron chi connectivity index (χ4n) is 1.83. The first-order chi connectivity index (χ1) is 6.93. The molecular formula is C12H23NO. The minimum absolute atomic E-state index is 0.548. The van der Waals surface area contributed by atoms with Crippen molar-refractivity contribution in [1.29, 1.82) is 0 Å². The molecule has 1 fully saturated rings. The van der Waals surface area contributed by atoms with E-state index in [-0.39, 0.29) is 0 Å². The summed E-state index contributed by atoms with van der Waals surface area (Å²) in [5, 5.41) is 3.31. The zero-order valence-electron chi connectivity index (χ0n) is 9.30. The highest BCUT2D eigenvalue weighted by Crippen LogP contribution is 2.19. The molecule has 0 heterocycles. The van der Waals surface area contributed by atoms with Gasteiger partial charge in [-0.2, -0.15) is 0 Å². The van der Waals surface area contributed by atoms with Crippen molar-refractivity contribution in [2.45, 2.75) is 45.1 Å².